The van der Waals surface area contributed by atoms with E-state index in [1.807, 2.05) is 57.2 Å². The van der Waals surface area contributed by atoms with Crippen LogP contribution in [0.25, 0.3) is 0 Å². The molecule has 6 heteroatoms. The topological polar surface area (TPSA) is 65.1 Å². The molecule has 4 unspecified atom stereocenters. The molecule has 45 heavy (non-hydrogen) atoms. The van der Waals surface area contributed by atoms with Gasteiger partial charge in [-0.15, -0.1) is 0 Å². The van der Waals surface area contributed by atoms with E-state index in [1.54, 1.807) is 12.1 Å². The summed E-state index contributed by atoms with van der Waals surface area (Å²) in [6.45, 7) is 20.1. The summed E-state index contributed by atoms with van der Waals surface area (Å²) in [7, 11) is 0. The van der Waals surface area contributed by atoms with Crippen LogP contribution in [0.3, 0.4) is 0 Å². The molecule has 0 spiro atoms. The minimum Gasteiger partial charge on any atom is -0.460 e. The molecule has 0 amide bonds. The molecule has 0 aliphatic heterocycles. The first-order valence-electron chi connectivity index (χ1n) is 16.1. The maximum Gasteiger partial charge on any atom is 0.309 e. The Hall–Kier alpha value is -3.48. The summed E-state index contributed by atoms with van der Waals surface area (Å²) in [6.07, 6.45) is 0.526. The van der Waals surface area contributed by atoms with Gasteiger partial charge in [-0.1, -0.05) is 93.6 Å². The molecule has 0 aliphatic rings. The standard InChI is InChI=1S/C39H53NO5/c1-27(2)36(32-19-15-12-16-20-32)40(38(5,6)7)45-35(31-21-23-34(24-22-31)43-29(4)41)26-33(37(42)44-39(8,9)10)25-28(3)30-17-13-11-14-18-30/h11-24,27-28,33,35-36H,25-26H2,1-10H3. The summed E-state index contributed by atoms with van der Waals surface area (Å²) in [5.74, 6) is -0.226. The third-order valence-corrected chi connectivity index (χ3v) is 7.69. The number of rotatable bonds is 13. The fourth-order valence-electron chi connectivity index (χ4n) is 5.65. The van der Waals surface area contributed by atoms with Gasteiger partial charge in [0.1, 0.15) is 17.5 Å². The zero-order valence-corrected chi connectivity index (χ0v) is 28.9. The average Bonchev–Trinajstić information content (AvgIpc) is 2.95. The first kappa shape index (κ1) is 36.0. The van der Waals surface area contributed by atoms with Crippen LogP contribution in [-0.4, -0.2) is 28.1 Å². The molecule has 0 bridgehead atoms. The van der Waals surface area contributed by atoms with Crippen molar-refractivity contribution in [3.8, 4) is 5.75 Å². The van der Waals surface area contributed by atoms with E-state index in [0.29, 0.717) is 18.6 Å². The van der Waals surface area contributed by atoms with Crippen LogP contribution < -0.4 is 4.74 Å². The van der Waals surface area contributed by atoms with Crippen LogP contribution in [-0.2, 0) is 19.2 Å². The predicted molar refractivity (Wildman–Crippen MR) is 181 cm³/mol. The second kappa shape index (κ2) is 15.7. The van der Waals surface area contributed by atoms with Crippen LogP contribution in [0, 0.1) is 11.8 Å². The molecule has 0 saturated heterocycles. The predicted octanol–water partition coefficient (Wildman–Crippen LogP) is 9.62. The number of nitrogens with zero attached hydrogens (tertiary/aromatic N) is 1. The quantitative estimate of drug-likeness (QED) is 0.108. The zero-order chi connectivity index (χ0) is 33.4. The lowest BCUT2D eigenvalue weighted by Gasteiger charge is -2.44. The van der Waals surface area contributed by atoms with Gasteiger partial charge in [0.05, 0.1) is 12.0 Å². The molecular weight excluding hydrogens is 562 g/mol. The van der Waals surface area contributed by atoms with Gasteiger partial charge in [0, 0.05) is 12.5 Å². The number of hydrogen-bond acceptors (Lipinski definition) is 6. The third-order valence-electron chi connectivity index (χ3n) is 7.69. The molecule has 4 atom stereocenters. The number of benzene rings is 3. The highest BCUT2D eigenvalue weighted by Gasteiger charge is 2.38. The lowest BCUT2D eigenvalue weighted by Crippen LogP contribution is -2.46. The molecule has 0 aromatic heterocycles. The molecule has 0 aliphatic carbocycles. The van der Waals surface area contributed by atoms with Gasteiger partial charge in [-0.25, -0.2) is 0 Å². The summed E-state index contributed by atoms with van der Waals surface area (Å²) in [5, 5.41) is 2.10. The second-order valence-corrected chi connectivity index (χ2v) is 14.4. The van der Waals surface area contributed by atoms with E-state index in [9.17, 15) is 9.59 Å². The van der Waals surface area contributed by atoms with Gasteiger partial charge in [0.15, 0.2) is 0 Å². The highest BCUT2D eigenvalue weighted by atomic mass is 16.7. The molecule has 6 nitrogen and oxygen atoms in total. The van der Waals surface area contributed by atoms with Crippen LogP contribution in [0.2, 0.25) is 0 Å². The molecule has 3 aromatic carbocycles. The van der Waals surface area contributed by atoms with E-state index >= 15 is 0 Å². The van der Waals surface area contributed by atoms with E-state index < -0.39 is 17.6 Å². The van der Waals surface area contributed by atoms with Crippen molar-refractivity contribution in [1.29, 1.82) is 0 Å². The molecular formula is C39H53NO5. The Kier molecular flexibility index (Phi) is 12.5. The highest BCUT2D eigenvalue weighted by Crippen LogP contribution is 2.40. The Balaban J connectivity index is 2.09. The van der Waals surface area contributed by atoms with Crippen molar-refractivity contribution < 1.29 is 23.9 Å². The van der Waals surface area contributed by atoms with Crippen molar-refractivity contribution in [2.45, 2.75) is 111 Å². The van der Waals surface area contributed by atoms with E-state index in [1.165, 1.54) is 12.5 Å². The van der Waals surface area contributed by atoms with Gasteiger partial charge in [-0.2, -0.15) is 5.06 Å². The summed E-state index contributed by atoms with van der Waals surface area (Å²) < 4.78 is 11.3. The Morgan fingerprint density at radius 1 is 0.711 bits per heavy atom. The minimum atomic E-state index is -0.624. The SMILES string of the molecule is CC(=O)Oc1ccc(C(CC(CC(C)c2ccccc2)C(=O)OC(C)(C)C)ON(C(c2ccccc2)C(C)C)C(C)(C)C)cc1. The van der Waals surface area contributed by atoms with Gasteiger partial charge < -0.3 is 9.47 Å². The fourth-order valence-corrected chi connectivity index (χ4v) is 5.65. The third kappa shape index (κ3) is 11.1. The molecule has 0 N–H and O–H groups in total. The Morgan fingerprint density at radius 2 is 1.24 bits per heavy atom. The highest BCUT2D eigenvalue weighted by molar-refractivity contribution is 5.73. The summed E-state index contributed by atoms with van der Waals surface area (Å²) in [6, 6.07) is 28.0. The van der Waals surface area contributed by atoms with Gasteiger partial charge in [0.25, 0.3) is 0 Å². The summed E-state index contributed by atoms with van der Waals surface area (Å²) in [5.41, 5.74) is 2.22. The van der Waals surface area contributed by atoms with Crippen LogP contribution in [0.5, 0.6) is 5.75 Å². The van der Waals surface area contributed by atoms with Crippen molar-refractivity contribution in [2.24, 2.45) is 11.8 Å². The van der Waals surface area contributed by atoms with Crippen molar-refractivity contribution in [1.82, 2.24) is 5.06 Å². The monoisotopic (exact) mass is 615 g/mol. The van der Waals surface area contributed by atoms with Crippen molar-refractivity contribution in [3.63, 3.8) is 0 Å². The minimum absolute atomic E-state index is 0.0442. The Bertz CT molecular complexity index is 1340. The molecule has 0 heterocycles. The molecule has 0 saturated carbocycles. The van der Waals surface area contributed by atoms with E-state index in [-0.39, 0.29) is 35.4 Å². The van der Waals surface area contributed by atoms with Crippen molar-refractivity contribution in [2.75, 3.05) is 0 Å². The first-order valence-corrected chi connectivity index (χ1v) is 16.1. The molecule has 0 radical (unpaired) electrons. The van der Waals surface area contributed by atoms with Crippen LogP contribution in [0.1, 0.15) is 117 Å². The van der Waals surface area contributed by atoms with E-state index in [0.717, 1.165) is 11.1 Å². The van der Waals surface area contributed by atoms with Crippen molar-refractivity contribution >= 4 is 11.9 Å². The maximum atomic E-state index is 13.9. The molecule has 3 aromatic rings. The zero-order valence-electron chi connectivity index (χ0n) is 28.9. The Morgan fingerprint density at radius 3 is 1.71 bits per heavy atom. The van der Waals surface area contributed by atoms with Gasteiger partial charge in [0.2, 0.25) is 0 Å². The van der Waals surface area contributed by atoms with Gasteiger partial charge in [-0.05, 0) is 95.0 Å². The number of esters is 2. The van der Waals surface area contributed by atoms with Gasteiger partial charge >= 0.3 is 11.9 Å². The second-order valence-electron chi connectivity index (χ2n) is 14.4. The number of hydroxylamine groups is 2. The lowest BCUT2D eigenvalue weighted by molar-refractivity contribution is -0.279. The first-order chi connectivity index (χ1) is 21.0. The van der Waals surface area contributed by atoms with Crippen LogP contribution in [0.15, 0.2) is 84.9 Å². The largest absolute Gasteiger partial charge is 0.460 e. The molecule has 244 valence electrons. The number of carbonyl (C=O) groups excluding carboxylic acids is 2. The van der Waals surface area contributed by atoms with Crippen molar-refractivity contribution in [3.05, 3.63) is 102 Å². The summed E-state index contributed by atoms with van der Waals surface area (Å²) in [4.78, 5) is 32.6. The number of hydrogen-bond donors (Lipinski definition) is 0. The molecule has 3 rings (SSSR count). The maximum absolute atomic E-state index is 13.9. The number of carbonyl (C=O) groups is 2. The van der Waals surface area contributed by atoms with E-state index in [2.05, 4.69) is 83.0 Å². The van der Waals surface area contributed by atoms with E-state index in [4.69, 9.17) is 14.3 Å². The molecule has 0 fully saturated rings. The fraction of sp³-hybridized carbons (Fsp3) is 0.487. The lowest BCUT2D eigenvalue weighted by atomic mass is 9.85. The van der Waals surface area contributed by atoms with Crippen LogP contribution >= 0.6 is 0 Å². The number of ether oxygens (including phenoxy) is 2. The average molecular weight is 616 g/mol. The normalized spacial score (nSPS) is 14.9. The smallest absolute Gasteiger partial charge is 0.309 e. The van der Waals surface area contributed by atoms with Gasteiger partial charge in [-0.3, -0.25) is 14.4 Å². The Labute approximate surface area is 271 Å². The summed E-state index contributed by atoms with van der Waals surface area (Å²) >= 11 is 0. The van der Waals surface area contributed by atoms with Crippen LogP contribution in [0.4, 0.5) is 0 Å².